The predicted octanol–water partition coefficient (Wildman–Crippen LogP) is 3.50. The lowest BCUT2D eigenvalue weighted by atomic mass is 10.1. The van der Waals surface area contributed by atoms with Gasteiger partial charge < -0.3 is 15.0 Å². The molecule has 0 atom stereocenters. The lowest BCUT2D eigenvalue weighted by Crippen LogP contribution is -2.28. The van der Waals surface area contributed by atoms with Gasteiger partial charge in [-0.25, -0.2) is 18.4 Å². The summed E-state index contributed by atoms with van der Waals surface area (Å²) in [7, 11) is -3.28. The molecule has 5 rings (SSSR count). The second-order valence-electron chi connectivity index (χ2n) is 7.87. The summed E-state index contributed by atoms with van der Waals surface area (Å²) in [5, 5.41) is 2.71. The zero-order valence-corrected chi connectivity index (χ0v) is 20.2. The van der Waals surface area contributed by atoms with Gasteiger partial charge in [0, 0.05) is 30.4 Å². The number of hydrogen-bond donors (Lipinski definition) is 1. The van der Waals surface area contributed by atoms with Gasteiger partial charge in [0.05, 0.1) is 26.4 Å². The molecule has 2 aliphatic heterocycles. The predicted molar refractivity (Wildman–Crippen MR) is 128 cm³/mol. The molecule has 0 saturated heterocycles. The molecule has 0 aliphatic carbocycles. The van der Waals surface area contributed by atoms with E-state index >= 15 is 0 Å². The van der Waals surface area contributed by atoms with Crippen molar-refractivity contribution in [1.82, 2.24) is 15.3 Å². The largest absolute Gasteiger partial charge is 0.484 e. The van der Waals surface area contributed by atoms with E-state index in [1.54, 1.807) is 6.07 Å². The molecular weight excluding hydrogens is 484 g/mol. The number of halogens is 1. The van der Waals surface area contributed by atoms with Crippen molar-refractivity contribution in [2.45, 2.75) is 24.9 Å². The molecule has 11 heteroatoms. The van der Waals surface area contributed by atoms with Gasteiger partial charge in [0.2, 0.25) is 0 Å². The number of amides is 1. The zero-order chi connectivity index (χ0) is 23.2. The summed E-state index contributed by atoms with van der Waals surface area (Å²) in [5.41, 5.74) is 3.18. The van der Waals surface area contributed by atoms with Gasteiger partial charge in [-0.1, -0.05) is 17.7 Å². The SMILES string of the molecule is CCNC(=O)COc1ccc2c(c1)N(c1nc(-c3ccc(Cl)s3)nc3c1CS(=O)(=O)C3)CC2. The van der Waals surface area contributed by atoms with Crippen LogP contribution >= 0.6 is 22.9 Å². The highest BCUT2D eigenvalue weighted by Crippen LogP contribution is 2.42. The maximum absolute atomic E-state index is 12.4. The Balaban J connectivity index is 1.54. The van der Waals surface area contributed by atoms with Crippen molar-refractivity contribution in [1.29, 1.82) is 0 Å². The van der Waals surface area contributed by atoms with Crippen LogP contribution in [0.1, 0.15) is 23.7 Å². The number of aromatic nitrogens is 2. The molecule has 0 spiro atoms. The summed E-state index contributed by atoms with van der Waals surface area (Å²) in [6.45, 7) is 2.98. The molecule has 0 saturated carbocycles. The summed E-state index contributed by atoms with van der Waals surface area (Å²) in [5.74, 6) is 1.27. The number of nitrogens with zero attached hydrogens (tertiary/aromatic N) is 3. The molecule has 3 aromatic rings. The van der Waals surface area contributed by atoms with Crippen molar-refractivity contribution in [3.63, 3.8) is 0 Å². The van der Waals surface area contributed by atoms with Crippen molar-refractivity contribution >= 4 is 50.2 Å². The van der Waals surface area contributed by atoms with E-state index in [0.29, 0.717) is 46.1 Å². The van der Waals surface area contributed by atoms with Crippen molar-refractivity contribution in [2.75, 3.05) is 24.6 Å². The van der Waals surface area contributed by atoms with Gasteiger partial charge in [0.25, 0.3) is 5.91 Å². The number of carbonyl (C=O) groups is 1. The van der Waals surface area contributed by atoms with Crippen molar-refractivity contribution in [2.24, 2.45) is 0 Å². The molecule has 172 valence electrons. The highest BCUT2D eigenvalue weighted by Gasteiger charge is 2.34. The highest BCUT2D eigenvalue weighted by molar-refractivity contribution is 7.90. The van der Waals surface area contributed by atoms with E-state index in [4.69, 9.17) is 21.3 Å². The van der Waals surface area contributed by atoms with Crippen LogP contribution in [-0.2, 0) is 32.6 Å². The topological polar surface area (TPSA) is 101 Å². The first-order valence-corrected chi connectivity index (χ1v) is 13.5. The van der Waals surface area contributed by atoms with Gasteiger partial charge in [0.1, 0.15) is 11.6 Å². The molecule has 1 aromatic carbocycles. The number of likely N-dealkylation sites (N-methyl/N-ethyl adjacent to an activating group) is 1. The molecule has 4 heterocycles. The van der Waals surface area contributed by atoms with Crippen molar-refractivity contribution < 1.29 is 17.9 Å². The fourth-order valence-electron chi connectivity index (χ4n) is 4.10. The number of sulfone groups is 1. The lowest BCUT2D eigenvalue weighted by molar-refractivity contribution is -0.122. The Morgan fingerprint density at radius 3 is 2.85 bits per heavy atom. The van der Waals surface area contributed by atoms with Gasteiger partial charge in [0.15, 0.2) is 22.3 Å². The molecular formula is C22H21ClN4O4S2. The molecule has 2 aromatic heterocycles. The van der Waals surface area contributed by atoms with Gasteiger partial charge >= 0.3 is 0 Å². The minimum absolute atomic E-state index is 0.0724. The first kappa shape index (κ1) is 22.1. The first-order chi connectivity index (χ1) is 15.8. The lowest BCUT2D eigenvalue weighted by Gasteiger charge is -2.22. The molecule has 33 heavy (non-hydrogen) atoms. The Morgan fingerprint density at radius 1 is 1.24 bits per heavy atom. The van der Waals surface area contributed by atoms with Crippen molar-refractivity contribution in [3.05, 3.63) is 51.5 Å². The molecule has 8 nitrogen and oxygen atoms in total. The van der Waals surface area contributed by atoms with E-state index in [-0.39, 0.29) is 24.0 Å². The Labute approximate surface area is 200 Å². The molecule has 0 unspecified atom stereocenters. The fourth-order valence-corrected chi connectivity index (χ4v) is 6.57. The number of carbonyl (C=O) groups excluding carboxylic acids is 1. The molecule has 0 fully saturated rings. The standard InChI is InChI=1S/C22H21ClN4O4S2/c1-2-24-20(28)10-31-14-4-3-13-7-8-27(17(13)9-14)22-15-11-33(29,30)12-16(15)25-21(26-22)18-5-6-19(23)32-18/h3-6,9H,2,7-8,10-12H2,1H3,(H,24,28). The minimum atomic E-state index is -3.28. The van der Waals surface area contributed by atoms with Crippen LogP contribution in [0.15, 0.2) is 30.3 Å². The van der Waals surface area contributed by atoms with E-state index in [0.717, 1.165) is 22.5 Å². The van der Waals surface area contributed by atoms with Crippen LogP contribution in [-0.4, -0.2) is 44.0 Å². The molecule has 1 amide bonds. The second kappa shape index (κ2) is 8.58. The molecule has 0 radical (unpaired) electrons. The van der Waals surface area contributed by atoms with E-state index in [1.807, 2.05) is 36.1 Å². The highest BCUT2D eigenvalue weighted by atomic mass is 35.5. The summed E-state index contributed by atoms with van der Waals surface area (Å²) >= 11 is 7.46. The summed E-state index contributed by atoms with van der Waals surface area (Å²) < 4.78 is 31.2. The smallest absolute Gasteiger partial charge is 0.257 e. The molecule has 0 bridgehead atoms. The van der Waals surface area contributed by atoms with Crippen LogP contribution in [0.5, 0.6) is 5.75 Å². The number of benzene rings is 1. The third kappa shape index (κ3) is 4.42. The zero-order valence-electron chi connectivity index (χ0n) is 17.8. The number of ether oxygens (including phenoxy) is 1. The Kier molecular flexibility index (Phi) is 5.75. The van der Waals surface area contributed by atoms with E-state index in [2.05, 4.69) is 10.3 Å². The average Bonchev–Trinajstić information content (AvgIpc) is 3.46. The van der Waals surface area contributed by atoms with Crippen molar-refractivity contribution in [3.8, 4) is 16.5 Å². The fraction of sp³-hybridized carbons (Fsp3) is 0.318. The van der Waals surface area contributed by atoms with Gasteiger partial charge in [-0.2, -0.15) is 0 Å². The maximum atomic E-state index is 12.4. The van der Waals surface area contributed by atoms with Crippen LogP contribution in [0.3, 0.4) is 0 Å². The number of fused-ring (bicyclic) bond motifs is 2. The summed E-state index contributed by atoms with van der Waals surface area (Å²) in [6.07, 6.45) is 0.789. The number of thiophene rings is 1. The third-order valence-electron chi connectivity index (χ3n) is 5.54. The van der Waals surface area contributed by atoms with E-state index < -0.39 is 9.84 Å². The first-order valence-electron chi connectivity index (χ1n) is 10.5. The van der Waals surface area contributed by atoms with Crippen LogP contribution < -0.4 is 15.0 Å². The van der Waals surface area contributed by atoms with Gasteiger partial charge in [-0.15, -0.1) is 11.3 Å². The Morgan fingerprint density at radius 2 is 2.09 bits per heavy atom. The number of hydrogen-bond acceptors (Lipinski definition) is 8. The van der Waals surface area contributed by atoms with Gasteiger partial charge in [-0.3, -0.25) is 4.79 Å². The third-order valence-corrected chi connectivity index (χ3v) is 8.21. The number of anilines is 2. The molecule has 2 aliphatic rings. The normalized spacial score (nSPS) is 15.9. The second-order valence-corrected chi connectivity index (χ2v) is 11.6. The van der Waals surface area contributed by atoms with Crippen LogP contribution in [0, 0.1) is 0 Å². The summed E-state index contributed by atoms with van der Waals surface area (Å²) in [6, 6.07) is 9.31. The van der Waals surface area contributed by atoms with E-state index in [9.17, 15) is 13.2 Å². The summed E-state index contributed by atoms with van der Waals surface area (Å²) in [4.78, 5) is 23.9. The average molecular weight is 505 g/mol. The molecule has 1 N–H and O–H groups in total. The number of nitrogens with one attached hydrogen (secondary N) is 1. The monoisotopic (exact) mass is 504 g/mol. The van der Waals surface area contributed by atoms with Gasteiger partial charge in [-0.05, 0) is 37.1 Å². The number of rotatable bonds is 6. The van der Waals surface area contributed by atoms with Crippen LogP contribution in [0.2, 0.25) is 4.34 Å². The minimum Gasteiger partial charge on any atom is -0.484 e. The quantitative estimate of drug-likeness (QED) is 0.548. The Hall–Kier alpha value is -2.69. The maximum Gasteiger partial charge on any atom is 0.257 e. The van der Waals surface area contributed by atoms with Crippen LogP contribution in [0.4, 0.5) is 11.5 Å². The Bertz CT molecular complexity index is 1360. The van der Waals surface area contributed by atoms with E-state index in [1.165, 1.54) is 11.3 Å². The van der Waals surface area contributed by atoms with Crippen LogP contribution in [0.25, 0.3) is 10.7 Å².